The molecule has 0 saturated heterocycles. The molecule has 0 aromatic heterocycles. The number of halogens is 1. The Morgan fingerprint density at radius 1 is 1.53 bits per heavy atom. The number of methoxy groups -OCH3 is 1. The molecular formula is C11H17FN4O. The van der Waals surface area contributed by atoms with E-state index in [4.69, 9.17) is 10.6 Å². The molecule has 0 fully saturated rings. The van der Waals surface area contributed by atoms with Crippen LogP contribution >= 0.6 is 0 Å². The van der Waals surface area contributed by atoms with Crippen molar-refractivity contribution < 1.29 is 9.13 Å². The maximum atomic E-state index is 13.5. The number of nitrogens with two attached hydrogens (primary N) is 1. The minimum absolute atomic E-state index is 0.329. The molecule has 0 spiro atoms. The van der Waals surface area contributed by atoms with Crippen LogP contribution in [0.15, 0.2) is 29.3 Å². The van der Waals surface area contributed by atoms with Crippen LogP contribution in [0.5, 0.6) is 0 Å². The number of benzene rings is 1. The lowest BCUT2D eigenvalue weighted by molar-refractivity contribution is 0.208. The molecule has 94 valence electrons. The molecule has 1 aromatic carbocycles. The van der Waals surface area contributed by atoms with Gasteiger partial charge in [0, 0.05) is 14.2 Å². The zero-order valence-electron chi connectivity index (χ0n) is 9.98. The Kier molecular flexibility index (Phi) is 5.38. The Hall–Kier alpha value is -1.66. The first-order chi connectivity index (χ1) is 8.20. The summed E-state index contributed by atoms with van der Waals surface area (Å²) in [5, 5.41) is 0. The molecule has 0 aliphatic heterocycles. The molecular weight excluding hydrogens is 223 g/mol. The average molecular weight is 240 g/mol. The van der Waals surface area contributed by atoms with Gasteiger partial charge in [-0.3, -0.25) is 5.43 Å². The van der Waals surface area contributed by atoms with Crippen LogP contribution < -0.4 is 16.2 Å². The maximum absolute atomic E-state index is 13.5. The molecule has 6 heteroatoms. The Labute approximate surface area is 100 Å². The highest BCUT2D eigenvalue weighted by Crippen LogP contribution is 2.16. The van der Waals surface area contributed by atoms with Crippen molar-refractivity contribution in [3.63, 3.8) is 0 Å². The van der Waals surface area contributed by atoms with Crippen LogP contribution in [-0.4, -0.2) is 33.3 Å². The van der Waals surface area contributed by atoms with Gasteiger partial charge in [0.2, 0.25) is 5.96 Å². The SMILES string of the molecule is COCCN=C(NN)N(C)c1ccccc1F. The van der Waals surface area contributed by atoms with Crippen LogP contribution in [-0.2, 0) is 4.74 Å². The highest BCUT2D eigenvalue weighted by atomic mass is 19.1. The number of para-hydroxylation sites is 1. The lowest BCUT2D eigenvalue weighted by Gasteiger charge is -2.21. The first-order valence-corrected chi connectivity index (χ1v) is 5.19. The van der Waals surface area contributed by atoms with E-state index in [1.807, 2.05) is 0 Å². The highest BCUT2D eigenvalue weighted by Gasteiger charge is 2.11. The summed E-state index contributed by atoms with van der Waals surface area (Å²) in [4.78, 5) is 5.71. The molecule has 3 N–H and O–H groups in total. The molecule has 0 saturated carbocycles. The molecule has 17 heavy (non-hydrogen) atoms. The van der Waals surface area contributed by atoms with Gasteiger partial charge in [-0.2, -0.15) is 0 Å². The van der Waals surface area contributed by atoms with E-state index >= 15 is 0 Å². The van der Waals surface area contributed by atoms with Crippen molar-refractivity contribution in [3.8, 4) is 0 Å². The van der Waals surface area contributed by atoms with Gasteiger partial charge in [0.25, 0.3) is 0 Å². The summed E-state index contributed by atoms with van der Waals surface area (Å²) >= 11 is 0. The van der Waals surface area contributed by atoms with Gasteiger partial charge in [0.1, 0.15) is 5.82 Å². The third-order valence-electron chi connectivity index (χ3n) is 2.22. The van der Waals surface area contributed by atoms with E-state index in [2.05, 4.69) is 10.4 Å². The smallest absolute Gasteiger partial charge is 0.212 e. The predicted octanol–water partition coefficient (Wildman–Crippen LogP) is 0.728. The van der Waals surface area contributed by atoms with E-state index in [9.17, 15) is 4.39 Å². The number of guanidine groups is 1. The van der Waals surface area contributed by atoms with E-state index in [1.54, 1.807) is 37.3 Å². The van der Waals surface area contributed by atoms with Crippen LogP contribution in [0.25, 0.3) is 0 Å². The van der Waals surface area contributed by atoms with Crippen LogP contribution in [0.3, 0.4) is 0 Å². The molecule has 0 amide bonds. The maximum Gasteiger partial charge on any atom is 0.212 e. The molecule has 5 nitrogen and oxygen atoms in total. The Morgan fingerprint density at radius 3 is 2.82 bits per heavy atom. The van der Waals surface area contributed by atoms with Gasteiger partial charge in [-0.15, -0.1) is 0 Å². The zero-order valence-corrected chi connectivity index (χ0v) is 9.98. The first kappa shape index (κ1) is 13.4. The van der Waals surface area contributed by atoms with Crippen molar-refractivity contribution in [1.82, 2.24) is 5.43 Å². The van der Waals surface area contributed by atoms with Crippen molar-refractivity contribution in [2.45, 2.75) is 0 Å². The Balaban J connectivity index is 2.82. The number of ether oxygens (including phenoxy) is 1. The molecule has 1 rings (SSSR count). The summed E-state index contributed by atoms with van der Waals surface area (Å²) in [5.41, 5.74) is 2.84. The van der Waals surface area contributed by atoms with Crippen LogP contribution in [0.1, 0.15) is 0 Å². The minimum Gasteiger partial charge on any atom is -0.383 e. The second-order valence-corrected chi connectivity index (χ2v) is 3.35. The number of hydrazine groups is 1. The topological polar surface area (TPSA) is 62.9 Å². The molecule has 0 bridgehead atoms. The second kappa shape index (κ2) is 6.82. The van der Waals surface area contributed by atoms with E-state index in [-0.39, 0.29) is 5.82 Å². The fraction of sp³-hybridized carbons (Fsp3) is 0.364. The van der Waals surface area contributed by atoms with Gasteiger partial charge in [-0.05, 0) is 12.1 Å². The van der Waals surface area contributed by atoms with Crippen LogP contribution in [0.2, 0.25) is 0 Å². The number of nitrogens with one attached hydrogen (secondary N) is 1. The van der Waals surface area contributed by atoms with E-state index in [0.29, 0.717) is 24.8 Å². The van der Waals surface area contributed by atoms with Crippen LogP contribution in [0.4, 0.5) is 10.1 Å². The summed E-state index contributed by atoms with van der Waals surface area (Å²) in [6.07, 6.45) is 0. The van der Waals surface area contributed by atoms with Crippen LogP contribution in [0, 0.1) is 5.82 Å². The molecule has 0 aliphatic carbocycles. The minimum atomic E-state index is -0.329. The molecule has 1 aromatic rings. The van der Waals surface area contributed by atoms with E-state index in [0.717, 1.165) is 0 Å². The van der Waals surface area contributed by atoms with Crippen molar-refractivity contribution in [3.05, 3.63) is 30.1 Å². The third kappa shape index (κ3) is 3.69. The summed E-state index contributed by atoms with van der Waals surface area (Å²) < 4.78 is 18.4. The van der Waals surface area contributed by atoms with E-state index < -0.39 is 0 Å². The zero-order chi connectivity index (χ0) is 12.7. The van der Waals surface area contributed by atoms with Gasteiger partial charge in [-0.25, -0.2) is 15.2 Å². The van der Waals surface area contributed by atoms with Gasteiger partial charge >= 0.3 is 0 Å². The normalized spacial score (nSPS) is 11.4. The Bertz CT molecular complexity index is 383. The standard InChI is InChI=1S/C11H17FN4O/c1-16(10-6-4-3-5-9(10)12)11(15-13)14-7-8-17-2/h3-6H,7-8,13H2,1-2H3,(H,14,15). The largest absolute Gasteiger partial charge is 0.383 e. The van der Waals surface area contributed by atoms with Crippen molar-refractivity contribution in [1.29, 1.82) is 0 Å². The lowest BCUT2D eigenvalue weighted by Crippen LogP contribution is -2.43. The van der Waals surface area contributed by atoms with Crippen molar-refractivity contribution in [2.75, 3.05) is 32.2 Å². The van der Waals surface area contributed by atoms with Gasteiger partial charge in [-0.1, -0.05) is 12.1 Å². The first-order valence-electron chi connectivity index (χ1n) is 5.19. The predicted molar refractivity (Wildman–Crippen MR) is 66.3 cm³/mol. The summed E-state index contributed by atoms with van der Waals surface area (Å²) in [7, 11) is 3.27. The molecule has 0 radical (unpaired) electrons. The lowest BCUT2D eigenvalue weighted by atomic mass is 10.3. The molecule has 0 heterocycles. The number of rotatable bonds is 4. The van der Waals surface area contributed by atoms with Gasteiger partial charge in [0.15, 0.2) is 0 Å². The van der Waals surface area contributed by atoms with Gasteiger partial charge < -0.3 is 9.64 Å². The number of nitrogens with zero attached hydrogens (tertiary/aromatic N) is 2. The number of aliphatic imine (C=N–C) groups is 1. The second-order valence-electron chi connectivity index (χ2n) is 3.35. The Morgan fingerprint density at radius 2 is 2.24 bits per heavy atom. The van der Waals surface area contributed by atoms with Crippen molar-refractivity contribution >= 4 is 11.6 Å². The summed E-state index contributed by atoms with van der Waals surface area (Å²) in [5.74, 6) is 5.41. The molecule has 0 aliphatic rings. The number of anilines is 1. The van der Waals surface area contributed by atoms with Crippen molar-refractivity contribution in [2.24, 2.45) is 10.8 Å². The fourth-order valence-corrected chi connectivity index (χ4v) is 1.33. The quantitative estimate of drug-likeness (QED) is 0.268. The summed E-state index contributed by atoms with van der Waals surface area (Å²) in [6.45, 7) is 0.936. The summed E-state index contributed by atoms with van der Waals surface area (Å²) in [6, 6.07) is 6.41. The average Bonchev–Trinajstić information content (AvgIpc) is 2.35. The van der Waals surface area contributed by atoms with E-state index in [1.165, 1.54) is 6.07 Å². The molecule has 0 atom stereocenters. The van der Waals surface area contributed by atoms with Gasteiger partial charge in [0.05, 0.1) is 18.8 Å². The highest BCUT2D eigenvalue weighted by molar-refractivity contribution is 5.95. The fourth-order valence-electron chi connectivity index (χ4n) is 1.33. The monoisotopic (exact) mass is 240 g/mol. The number of hydrogen-bond donors (Lipinski definition) is 2. The molecule has 0 unspecified atom stereocenters. The third-order valence-corrected chi connectivity index (χ3v) is 2.22. The number of hydrogen-bond acceptors (Lipinski definition) is 3.